The number of aliphatic carboxylic acids is 1. The molecule has 0 aliphatic carbocycles. The molecule has 2 N–H and O–H groups in total. The summed E-state index contributed by atoms with van der Waals surface area (Å²) in [6, 6.07) is 9.99. The van der Waals surface area contributed by atoms with E-state index in [1.54, 1.807) is 36.4 Å². The SMILES string of the molecule is O=C(O)C(Cc1ccc(O)cc1)c1ccc(Cl)s1. The molecule has 1 atom stereocenters. The normalized spacial score (nSPS) is 12.3. The molecule has 94 valence electrons. The second kappa shape index (κ2) is 5.42. The summed E-state index contributed by atoms with van der Waals surface area (Å²) < 4.78 is 0.585. The number of hydrogen-bond acceptors (Lipinski definition) is 3. The van der Waals surface area contributed by atoms with Crippen molar-refractivity contribution in [3.63, 3.8) is 0 Å². The molecule has 0 amide bonds. The minimum absolute atomic E-state index is 0.171. The van der Waals surface area contributed by atoms with Gasteiger partial charge < -0.3 is 10.2 Å². The van der Waals surface area contributed by atoms with Gasteiger partial charge in [0.15, 0.2) is 0 Å². The Bertz CT molecular complexity index is 548. The number of aromatic hydroxyl groups is 1. The predicted octanol–water partition coefficient (Wildman–Crippen LogP) is 3.52. The number of carboxylic acid groups (broad SMARTS) is 1. The zero-order chi connectivity index (χ0) is 13.1. The molecule has 0 bridgehead atoms. The average Bonchev–Trinajstić information content (AvgIpc) is 2.74. The molecule has 0 saturated heterocycles. The van der Waals surface area contributed by atoms with Crippen LogP contribution in [-0.4, -0.2) is 16.2 Å². The van der Waals surface area contributed by atoms with Gasteiger partial charge in [-0.1, -0.05) is 23.7 Å². The van der Waals surface area contributed by atoms with Gasteiger partial charge in [0.1, 0.15) is 5.75 Å². The van der Waals surface area contributed by atoms with Gasteiger partial charge in [-0.2, -0.15) is 0 Å². The maximum atomic E-state index is 11.3. The van der Waals surface area contributed by atoms with Crippen molar-refractivity contribution in [2.75, 3.05) is 0 Å². The molecule has 2 rings (SSSR count). The van der Waals surface area contributed by atoms with Crippen LogP contribution >= 0.6 is 22.9 Å². The molecule has 5 heteroatoms. The largest absolute Gasteiger partial charge is 0.508 e. The third-order valence-corrected chi connectivity index (χ3v) is 3.96. The summed E-state index contributed by atoms with van der Waals surface area (Å²) in [5, 5.41) is 18.5. The molecule has 1 heterocycles. The highest BCUT2D eigenvalue weighted by Gasteiger charge is 2.22. The third kappa shape index (κ3) is 3.03. The topological polar surface area (TPSA) is 57.5 Å². The number of benzene rings is 1. The van der Waals surface area contributed by atoms with Crippen LogP contribution in [0, 0.1) is 0 Å². The molecule has 1 unspecified atom stereocenters. The first kappa shape index (κ1) is 12.9. The third-order valence-electron chi connectivity index (χ3n) is 2.61. The van der Waals surface area contributed by atoms with E-state index in [-0.39, 0.29) is 5.75 Å². The average molecular weight is 283 g/mol. The summed E-state index contributed by atoms with van der Waals surface area (Å²) in [6.45, 7) is 0. The Labute approximate surface area is 113 Å². The van der Waals surface area contributed by atoms with Crippen LogP contribution in [0.3, 0.4) is 0 Å². The van der Waals surface area contributed by atoms with Crippen LogP contribution < -0.4 is 0 Å². The summed E-state index contributed by atoms with van der Waals surface area (Å²) in [5.74, 6) is -1.31. The summed E-state index contributed by atoms with van der Waals surface area (Å²) >= 11 is 7.11. The Balaban J connectivity index is 2.22. The lowest BCUT2D eigenvalue weighted by Crippen LogP contribution is -2.13. The Hall–Kier alpha value is -1.52. The Morgan fingerprint density at radius 3 is 2.39 bits per heavy atom. The van der Waals surface area contributed by atoms with Crippen molar-refractivity contribution in [1.82, 2.24) is 0 Å². The van der Waals surface area contributed by atoms with Crippen molar-refractivity contribution in [3.05, 3.63) is 51.2 Å². The van der Waals surface area contributed by atoms with E-state index >= 15 is 0 Å². The fourth-order valence-corrected chi connectivity index (χ4v) is 2.85. The predicted molar refractivity (Wildman–Crippen MR) is 71.5 cm³/mol. The van der Waals surface area contributed by atoms with Crippen molar-refractivity contribution in [1.29, 1.82) is 0 Å². The van der Waals surface area contributed by atoms with Crippen molar-refractivity contribution in [2.24, 2.45) is 0 Å². The van der Waals surface area contributed by atoms with E-state index in [1.807, 2.05) is 0 Å². The molecular formula is C13H11ClO3S. The summed E-state index contributed by atoms with van der Waals surface area (Å²) in [7, 11) is 0. The maximum Gasteiger partial charge on any atom is 0.312 e. The lowest BCUT2D eigenvalue weighted by Gasteiger charge is -2.10. The molecule has 1 aromatic carbocycles. The Morgan fingerprint density at radius 2 is 1.89 bits per heavy atom. The van der Waals surface area contributed by atoms with Crippen LogP contribution in [0.1, 0.15) is 16.4 Å². The molecule has 1 aromatic heterocycles. The number of thiophene rings is 1. The van der Waals surface area contributed by atoms with Crippen molar-refractivity contribution in [3.8, 4) is 5.75 Å². The summed E-state index contributed by atoms with van der Waals surface area (Å²) in [6.07, 6.45) is 0.381. The first-order chi connectivity index (χ1) is 8.56. The van der Waals surface area contributed by atoms with Crippen LogP contribution in [0.5, 0.6) is 5.75 Å². The van der Waals surface area contributed by atoms with Crippen LogP contribution in [0.2, 0.25) is 4.34 Å². The molecule has 18 heavy (non-hydrogen) atoms. The number of halogens is 1. The minimum Gasteiger partial charge on any atom is -0.508 e. The van der Waals surface area contributed by atoms with Gasteiger partial charge in [-0.25, -0.2) is 0 Å². The highest BCUT2D eigenvalue weighted by Crippen LogP contribution is 2.31. The highest BCUT2D eigenvalue weighted by atomic mass is 35.5. The smallest absolute Gasteiger partial charge is 0.312 e. The lowest BCUT2D eigenvalue weighted by atomic mass is 9.98. The van der Waals surface area contributed by atoms with Crippen molar-refractivity contribution >= 4 is 28.9 Å². The van der Waals surface area contributed by atoms with E-state index < -0.39 is 11.9 Å². The maximum absolute atomic E-state index is 11.3. The molecule has 3 nitrogen and oxygen atoms in total. The summed E-state index contributed by atoms with van der Waals surface area (Å²) in [5.41, 5.74) is 0.865. The van der Waals surface area contributed by atoms with Crippen LogP contribution in [-0.2, 0) is 11.2 Å². The highest BCUT2D eigenvalue weighted by molar-refractivity contribution is 7.16. The summed E-state index contributed by atoms with van der Waals surface area (Å²) in [4.78, 5) is 12.0. The van der Waals surface area contributed by atoms with E-state index in [0.717, 1.165) is 10.4 Å². The van der Waals surface area contributed by atoms with E-state index in [0.29, 0.717) is 10.8 Å². The van der Waals surface area contributed by atoms with Gasteiger partial charge in [0, 0.05) is 4.88 Å². The number of carboxylic acids is 1. The molecule has 2 aromatic rings. The quantitative estimate of drug-likeness (QED) is 0.902. The standard InChI is InChI=1S/C13H11ClO3S/c14-12-6-5-11(18-12)10(13(16)17)7-8-1-3-9(15)4-2-8/h1-6,10,15H,7H2,(H,16,17). The lowest BCUT2D eigenvalue weighted by molar-refractivity contribution is -0.138. The van der Waals surface area contributed by atoms with E-state index in [1.165, 1.54) is 11.3 Å². The number of phenolic OH excluding ortho intramolecular Hbond substituents is 1. The fourth-order valence-electron chi connectivity index (χ4n) is 1.69. The van der Waals surface area contributed by atoms with Gasteiger partial charge in [-0.3, -0.25) is 4.79 Å². The molecule has 0 spiro atoms. The first-order valence-corrected chi connectivity index (χ1v) is 6.51. The van der Waals surface area contributed by atoms with Crippen LogP contribution in [0.4, 0.5) is 0 Å². The first-order valence-electron chi connectivity index (χ1n) is 5.32. The second-order valence-electron chi connectivity index (χ2n) is 3.90. The van der Waals surface area contributed by atoms with Gasteiger partial charge in [0.2, 0.25) is 0 Å². The molecule has 0 fully saturated rings. The second-order valence-corrected chi connectivity index (χ2v) is 5.65. The van der Waals surface area contributed by atoms with Gasteiger partial charge >= 0.3 is 5.97 Å². The fraction of sp³-hybridized carbons (Fsp3) is 0.154. The molecule has 0 aliphatic heterocycles. The van der Waals surface area contributed by atoms with Gasteiger partial charge in [0.25, 0.3) is 0 Å². The van der Waals surface area contributed by atoms with Gasteiger partial charge in [-0.15, -0.1) is 11.3 Å². The number of phenols is 1. The van der Waals surface area contributed by atoms with Crippen LogP contribution in [0.15, 0.2) is 36.4 Å². The van der Waals surface area contributed by atoms with Gasteiger partial charge in [-0.05, 0) is 36.2 Å². The van der Waals surface area contributed by atoms with Crippen molar-refractivity contribution in [2.45, 2.75) is 12.3 Å². The number of rotatable bonds is 4. The Morgan fingerprint density at radius 1 is 1.22 bits per heavy atom. The monoisotopic (exact) mass is 282 g/mol. The number of hydrogen-bond donors (Lipinski definition) is 2. The van der Waals surface area contributed by atoms with E-state index in [4.69, 9.17) is 11.6 Å². The van der Waals surface area contributed by atoms with E-state index in [2.05, 4.69) is 0 Å². The zero-order valence-electron chi connectivity index (χ0n) is 9.34. The number of carbonyl (C=O) groups is 1. The molecule has 0 radical (unpaired) electrons. The zero-order valence-corrected chi connectivity index (χ0v) is 10.9. The van der Waals surface area contributed by atoms with Gasteiger partial charge in [0.05, 0.1) is 10.3 Å². The van der Waals surface area contributed by atoms with E-state index in [9.17, 15) is 15.0 Å². The Kier molecular flexibility index (Phi) is 3.89. The minimum atomic E-state index is -0.874. The molecule has 0 aliphatic rings. The molecular weight excluding hydrogens is 272 g/mol. The van der Waals surface area contributed by atoms with Crippen LogP contribution in [0.25, 0.3) is 0 Å². The molecule has 0 saturated carbocycles. The van der Waals surface area contributed by atoms with Crippen molar-refractivity contribution < 1.29 is 15.0 Å².